The summed E-state index contributed by atoms with van der Waals surface area (Å²) >= 11 is 6.34. The number of rotatable bonds is 8. The van der Waals surface area contributed by atoms with Crippen molar-refractivity contribution in [2.45, 2.75) is 33.2 Å². The van der Waals surface area contributed by atoms with Crippen molar-refractivity contribution in [3.8, 4) is 11.5 Å². The van der Waals surface area contributed by atoms with E-state index in [1.807, 2.05) is 20.8 Å². The van der Waals surface area contributed by atoms with Crippen LogP contribution in [0.25, 0.3) is 6.08 Å². The van der Waals surface area contributed by atoms with Crippen molar-refractivity contribution in [3.63, 3.8) is 0 Å². The molecule has 2 rings (SSSR count). The van der Waals surface area contributed by atoms with Gasteiger partial charge in [-0.25, -0.2) is 0 Å². The van der Waals surface area contributed by atoms with Crippen molar-refractivity contribution in [3.05, 3.63) is 28.7 Å². The molecule has 0 unspecified atom stereocenters. The molecule has 0 N–H and O–H groups in total. The van der Waals surface area contributed by atoms with Gasteiger partial charge in [0.15, 0.2) is 11.5 Å². The maximum atomic E-state index is 12.8. The van der Waals surface area contributed by atoms with Gasteiger partial charge in [0.2, 0.25) is 0 Å². The van der Waals surface area contributed by atoms with E-state index in [1.165, 1.54) is 7.11 Å². The summed E-state index contributed by atoms with van der Waals surface area (Å²) in [4.78, 5) is 25.8. The van der Waals surface area contributed by atoms with Crippen LogP contribution < -0.4 is 14.6 Å². The zero-order valence-corrected chi connectivity index (χ0v) is 17.3. The summed E-state index contributed by atoms with van der Waals surface area (Å²) in [6.07, 6.45) is 1.94. The first-order valence-corrected chi connectivity index (χ1v) is 9.79. The predicted molar refractivity (Wildman–Crippen MR) is 107 cm³/mol. The Bertz CT molecular complexity index is 775. The van der Waals surface area contributed by atoms with E-state index in [1.54, 1.807) is 24.3 Å². The summed E-state index contributed by atoms with van der Waals surface area (Å²) < 4.78 is 11.0. The summed E-state index contributed by atoms with van der Waals surface area (Å²) in [5.74, 6) is -0.485. The molecule has 0 aliphatic carbocycles. The fourth-order valence-corrected chi connectivity index (χ4v) is 4.06. The van der Waals surface area contributed by atoms with Gasteiger partial charge in [-0.05, 0) is 43.0 Å². The van der Waals surface area contributed by atoms with Crippen LogP contribution in [0.4, 0.5) is 0 Å². The quantitative estimate of drug-likeness (QED) is 0.483. The lowest BCUT2D eigenvalue weighted by atomic mass is 10.0. The molecule has 146 valence electrons. The Morgan fingerprint density at radius 1 is 1.37 bits per heavy atom. The van der Waals surface area contributed by atoms with Gasteiger partial charge < -0.3 is 19.4 Å². The van der Waals surface area contributed by atoms with E-state index in [4.69, 9.17) is 21.7 Å². The minimum atomic E-state index is -1.30. The fourth-order valence-electron chi connectivity index (χ4n) is 2.70. The molecule has 0 spiro atoms. The van der Waals surface area contributed by atoms with Crippen LogP contribution in [0.2, 0.25) is 0 Å². The number of methoxy groups -OCH3 is 1. The number of benzene rings is 1. The van der Waals surface area contributed by atoms with E-state index in [0.717, 1.165) is 22.2 Å². The summed E-state index contributed by atoms with van der Waals surface area (Å²) in [6, 6.07) is 4.24. The van der Waals surface area contributed by atoms with Crippen LogP contribution in [-0.2, 0) is 9.59 Å². The molecule has 1 aromatic carbocycles. The first kappa shape index (κ1) is 21.2. The van der Waals surface area contributed by atoms with E-state index < -0.39 is 17.9 Å². The number of amides is 1. The molecule has 27 heavy (non-hydrogen) atoms. The molecule has 8 heteroatoms. The Balaban J connectivity index is 2.31. The molecular weight excluding hydrogens is 386 g/mol. The molecule has 1 heterocycles. The summed E-state index contributed by atoms with van der Waals surface area (Å²) in [7, 11) is 1.54. The van der Waals surface area contributed by atoms with Crippen molar-refractivity contribution < 1.29 is 24.2 Å². The number of hydrogen-bond donors (Lipinski definition) is 0. The largest absolute Gasteiger partial charge is 0.548 e. The Labute approximate surface area is 168 Å². The molecule has 6 nitrogen and oxygen atoms in total. The average molecular weight is 409 g/mol. The summed E-state index contributed by atoms with van der Waals surface area (Å²) in [5.41, 5.74) is 0.727. The van der Waals surface area contributed by atoms with Crippen LogP contribution in [0.15, 0.2) is 23.1 Å². The highest BCUT2D eigenvalue weighted by molar-refractivity contribution is 8.26. The van der Waals surface area contributed by atoms with Gasteiger partial charge in [-0.15, -0.1) is 0 Å². The maximum Gasteiger partial charge on any atom is 0.266 e. The third-order valence-corrected chi connectivity index (χ3v) is 5.22. The van der Waals surface area contributed by atoms with Crippen molar-refractivity contribution in [2.24, 2.45) is 5.92 Å². The lowest BCUT2D eigenvalue weighted by Crippen LogP contribution is -2.50. The molecule has 1 aromatic rings. The van der Waals surface area contributed by atoms with Gasteiger partial charge in [0, 0.05) is 0 Å². The minimum absolute atomic E-state index is 0.0805. The van der Waals surface area contributed by atoms with Crippen LogP contribution in [0.1, 0.15) is 32.8 Å². The number of thioether (sulfide) groups is 1. The third kappa shape index (κ3) is 5.01. The number of carbonyl (C=O) groups is 2. The molecule has 0 aromatic heterocycles. The number of nitrogens with zero attached hydrogens (tertiary/aromatic N) is 1. The molecule has 1 atom stereocenters. The Hall–Kier alpha value is -2.06. The van der Waals surface area contributed by atoms with Gasteiger partial charge in [0.1, 0.15) is 4.32 Å². The maximum absolute atomic E-state index is 12.8. The normalized spacial score (nSPS) is 16.9. The average Bonchev–Trinajstić information content (AvgIpc) is 2.87. The van der Waals surface area contributed by atoms with Gasteiger partial charge >= 0.3 is 0 Å². The second-order valence-corrected chi connectivity index (χ2v) is 8.04. The lowest BCUT2D eigenvalue weighted by molar-refractivity contribution is -0.310. The van der Waals surface area contributed by atoms with Gasteiger partial charge in [-0.2, -0.15) is 0 Å². The standard InChI is InChI=1S/C19H23NO5S2/c1-5-25-14-7-6-12(9-15(14)24-4)10-16-17(21)20(19(26)27-16)13(18(22)23)8-11(2)3/h6-7,9-11,13H,5,8H2,1-4H3,(H,22,23)/p-1/b16-10-/t13-/m0/s1. The highest BCUT2D eigenvalue weighted by atomic mass is 32.2. The molecule has 1 amide bonds. The number of carboxylic acids is 1. The van der Waals surface area contributed by atoms with E-state index >= 15 is 0 Å². The monoisotopic (exact) mass is 408 g/mol. The van der Waals surface area contributed by atoms with Crippen LogP contribution in [0.3, 0.4) is 0 Å². The highest BCUT2D eigenvalue weighted by Gasteiger charge is 2.38. The second kappa shape index (κ2) is 9.23. The van der Waals surface area contributed by atoms with Gasteiger partial charge in [0.25, 0.3) is 5.91 Å². The van der Waals surface area contributed by atoms with E-state index in [2.05, 4.69) is 0 Å². The van der Waals surface area contributed by atoms with E-state index in [0.29, 0.717) is 23.0 Å². The van der Waals surface area contributed by atoms with Gasteiger partial charge in [-0.1, -0.05) is 43.9 Å². The predicted octanol–water partition coefficient (Wildman–Crippen LogP) is 2.46. The molecule has 0 radical (unpaired) electrons. The highest BCUT2D eigenvalue weighted by Crippen LogP contribution is 2.36. The van der Waals surface area contributed by atoms with Gasteiger partial charge in [0.05, 0.1) is 30.6 Å². The van der Waals surface area contributed by atoms with Crippen LogP contribution in [0, 0.1) is 5.92 Å². The minimum Gasteiger partial charge on any atom is -0.548 e. The summed E-state index contributed by atoms with van der Waals surface area (Å²) in [5, 5.41) is 11.5. The fraction of sp³-hybridized carbons (Fsp3) is 0.421. The van der Waals surface area contributed by atoms with Crippen molar-refractivity contribution in [1.82, 2.24) is 4.90 Å². The first-order chi connectivity index (χ1) is 12.8. The Kier molecular flexibility index (Phi) is 7.26. The third-order valence-electron chi connectivity index (χ3n) is 3.89. The van der Waals surface area contributed by atoms with Crippen LogP contribution in [0.5, 0.6) is 11.5 Å². The van der Waals surface area contributed by atoms with E-state index in [9.17, 15) is 14.7 Å². The van der Waals surface area contributed by atoms with Crippen molar-refractivity contribution in [1.29, 1.82) is 0 Å². The van der Waals surface area contributed by atoms with Crippen LogP contribution >= 0.6 is 24.0 Å². The topological polar surface area (TPSA) is 78.9 Å². The molecular formula is C19H22NO5S2-. The summed E-state index contributed by atoms with van der Waals surface area (Å²) in [6.45, 7) is 6.16. The smallest absolute Gasteiger partial charge is 0.266 e. The molecule has 1 saturated heterocycles. The molecule has 0 bridgehead atoms. The van der Waals surface area contributed by atoms with E-state index in [-0.39, 0.29) is 16.7 Å². The first-order valence-electron chi connectivity index (χ1n) is 8.57. The molecule has 0 saturated carbocycles. The van der Waals surface area contributed by atoms with Crippen LogP contribution in [-0.4, -0.2) is 40.9 Å². The molecule has 1 aliphatic heterocycles. The zero-order chi connectivity index (χ0) is 20.1. The number of thiocarbonyl (C=S) groups is 1. The Morgan fingerprint density at radius 2 is 2.07 bits per heavy atom. The second-order valence-electron chi connectivity index (χ2n) is 6.36. The number of carboxylic acid groups (broad SMARTS) is 1. The van der Waals surface area contributed by atoms with Crippen molar-refractivity contribution in [2.75, 3.05) is 13.7 Å². The Morgan fingerprint density at radius 3 is 2.63 bits per heavy atom. The lowest BCUT2D eigenvalue weighted by Gasteiger charge is -2.28. The molecule has 1 fully saturated rings. The molecule has 1 aliphatic rings. The number of carbonyl (C=O) groups excluding carboxylic acids is 2. The number of ether oxygens (including phenoxy) is 2. The number of hydrogen-bond acceptors (Lipinski definition) is 7. The zero-order valence-electron chi connectivity index (χ0n) is 15.7. The number of aliphatic carboxylic acids is 1. The SMILES string of the molecule is CCOc1ccc(/C=C2\SC(=S)N([C@@H](CC(C)C)C(=O)[O-])C2=O)cc1OC. The van der Waals surface area contributed by atoms with Gasteiger partial charge in [-0.3, -0.25) is 9.69 Å². The van der Waals surface area contributed by atoms with Crippen molar-refractivity contribution >= 4 is 46.3 Å².